The average molecular weight is 553 g/mol. The molecule has 0 saturated carbocycles. The minimum Gasteiger partial charge on any atom is -0.384 e. The molecule has 5 N–H and O–H groups in total. The molecule has 38 heavy (non-hydrogen) atoms. The van der Waals surface area contributed by atoms with E-state index >= 15 is 0 Å². The topological polar surface area (TPSA) is 143 Å². The lowest BCUT2D eigenvalue weighted by Gasteiger charge is -2.15. The van der Waals surface area contributed by atoms with Gasteiger partial charge in [0, 0.05) is 24.2 Å². The third-order valence-electron chi connectivity index (χ3n) is 5.71. The van der Waals surface area contributed by atoms with Crippen molar-refractivity contribution in [3.8, 4) is 11.4 Å². The third kappa shape index (κ3) is 7.51. The van der Waals surface area contributed by atoms with Crippen LogP contribution in [0.5, 0.6) is 0 Å². The highest BCUT2D eigenvalue weighted by Crippen LogP contribution is 2.17. The molecule has 0 fully saturated rings. The quantitative estimate of drug-likeness (QED) is 0.166. The predicted octanol–water partition coefficient (Wildman–Crippen LogP) is 3.35. The number of nitrogen functional groups attached to an aromatic ring is 1. The van der Waals surface area contributed by atoms with Gasteiger partial charge in [-0.05, 0) is 17.5 Å². The van der Waals surface area contributed by atoms with E-state index in [0.29, 0.717) is 29.7 Å². The zero-order chi connectivity index (χ0) is 26.3. The Labute approximate surface area is 227 Å². The summed E-state index contributed by atoms with van der Waals surface area (Å²) in [7, 11) is -3.91. The average Bonchev–Trinajstić information content (AvgIpc) is 2.91. The lowest BCUT2D eigenvalue weighted by molar-refractivity contribution is 0.566. The summed E-state index contributed by atoms with van der Waals surface area (Å²) in [5.41, 5.74) is 8.21. The highest BCUT2D eigenvalue weighted by Gasteiger charge is 2.19. The number of nitrogens with two attached hydrogens (primary N) is 1. The van der Waals surface area contributed by atoms with Gasteiger partial charge in [0.2, 0.25) is 10.0 Å². The van der Waals surface area contributed by atoms with Gasteiger partial charge in [0.05, 0.1) is 6.20 Å². The number of benzene rings is 3. The molecule has 0 amide bonds. The highest BCUT2D eigenvalue weighted by atomic mass is 35.5. The molecule has 0 aliphatic heterocycles. The standard InChI is InChI=1S/C27H28N6O3S.ClH/c28-25(29)22-13-11-21(12-14-22)17-32-37(35,36)19-33-26(23-9-5-2-6-10-23)31-18-24(27(33)34)30-16-15-20-7-3-1-4-8-20;/h1-14,18,30,32H,15-17,19H2,(H3,28,29);1H. The summed E-state index contributed by atoms with van der Waals surface area (Å²) in [6.07, 6.45) is 2.14. The van der Waals surface area contributed by atoms with Crippen molar-refractivity contribution in [3.05, 3.63) is 118 Å². The van der Waals surface area contributed by atoms with Gasteiger partial charge >= 0.3 is 0 Å². The molecule has 0 atom stereocenters. The van der Waals surface area contributed by atoms with E-state index < -0.39 is 21.5 Å². The maximum absolute atomic E-state index is 13.4. The van der Waals surface area contributed by atoms with Gasteiger partial charge in [-0.3, -0.25) is 14.8 Å². The van der Waals surface area contributed by atoms with E-state index in [1.165, 1.54) is 10.8 Å². The largest absolute Gasteiger partial charge is 0.384 e. The predicted molar refractivity (Wildman–Crippen MR) is 153 cm³/mol. The molecule has 0 bridgehead atoms. The molecule has 3 aromatic carbocycles. The molecule has 4 aromatic rings. The van der Waals surface area contributed by atoms with Crippen LogP contribution < -0.4 is 21.3 Å². The first-order valence-corrected chi connectivity index (χ1v) is 13.3. The molecule has 1 aromatic heterocycles. The number of hydrogen-bond acceptors (Lipinski definition) is 6. The number of nitrogens with zero attached hydrogens (tertiary/aromatic N) is 2. The minimum atomic E-state index is -3.91. The number of aromatic nitrogens is 2. The normalized spacial score (nSPS) is 10.9. The summed E-state index contributed by atoms with van der Waals surface area (Å²) in [5.74, 6) is -0.400. The van der Waals surface area contributed by atoms with Gasteiger partial charge in [-0.1, -0.05) is 84.9 Å². The van der Waals surface area contributed by atoms with Gasteiger partial charge in [0.25, 0.3) is 5.56 Å². The number of nitrogens with one attached hydrogen (secondary N) is 3. The third-order valence-corrected chi connectivity index (χ3v) is 6.89. The number of amidine groups is 1. The molecule has 1 heterocycles. The van der Waals surface area contributed by atoms with E-state index in [4.69, 9.17) is 11.1 Å². The Morgan fingerprint density at radius 2 is 1.55 bits per heavy atom. The highest BCUT2D eigenvalue weighted by molar-refractivity contribution is 7.88. The molecular formula is C27H29ClN6O3S. The van der Waals surface area contributed by atoms with E-state index in [2.05, 4.69) is 15.0 Å². The molecule has 0 aliphatic rings. The zero-order valence-corrected chi connectivity index (χ0v) is 22.1. The van der Waals surface area contributed by atoms with Crippen LogP contribution in [0, 0.1) is 5.41 Å². The van der Waals surface area contributed by atoms with E-state index in [9.17, 15) is 13.2 Å². The summed E-state index contributed by atoms with van der Waals surface area (Å²) in [6, 6.07) is 25.5. The Morgan fingerprint density at radius 3 is 2.18 bits per heavy atom. The maximum atomic E-state index is 13.4. The molecule has 198 valence electrons. The molecule has 0 radical (unpaired) electrons. The van der Waals surface area contributed by atoms with E-state index in [0.717, 1.165) is 5.56 Å². The van der Waals surface area contributed by atoms with Gasteiger partial charge in [0.1, 0.15) is 23.2 Å². The smallest absolute Gasteiger partial charge is 0.278 e. The van der Waals surface area contributed by atoms with Crippen LogP contribution in [-0.4, -0.2) is 30.3 Å². The van der Waals surface area contributed by atoms with Gasteiger partial charge < -0.3 is 11.1 Å². The summed E-state index contributed by atoms with van der Waals surface area (Å²) in [5, 5.41) is 10.6. The van der Waals surface area contributed by atoms with Crippen LogP contribution in [0.3, 0.4) is 0 Å². The lowest BCUT2D eigenvalue weighted by atomic mass is 10.1. The molecule has 0 spiro atoms. The van der Waals surface area contributed by atoms with Crippen molar-refractivity contribution in [2.75, 3.05) is 11.9 Å². The monoisotopic (exact) mass is 552 g/mol. The van der Waals surface area contributed by atoms with Crippen LogP contribution in [0.25, 0.3) is 11.4 Å². The summed E-state index contributed by atoms with van der Waals surface area (Å²) >= 11 is 0. The maximum Gasteiger partial charge on any atom is 0.278 e. The number of rotatable bonds is 11. The Morgan fingerprint density at radius 1 is 0.921 bits per heavy atom. The minimum absolute atomic E-state index is 0. The summed E-state index contributed by atoms with van der Waals surface area (Å²) < 4.78 is 29.8. The second kappa shape index (κ2) is 13.0. The number of anilines is 1. The fraction of sp³-hybridized carbons (Fsp3) is 0.148. The van der Waals surface area contributed by atoms with Crippen LogP contribution in [0.1, 0.15) is 16.7 Å². The first-order valence-electron chi connectivity index (χ1n) is 11.7. The van der Waals surface area contributed by atoms with Gasteiger partial charge in [-0.2, -0.15) is 0 Å². The Kier molecular flexibility index (Phi) is 9.78. The van der Waals surface area contributed by atoms with E-state index in [1.54, 1.807) is 48.5 Å². The van der Waals surface area contributed by atoms with E-state index in [-0.39, 0.29) is 36.3 Å². The van der Waals surface area contributed by atoms with Crippen molar-refractivity contribution < 1.29 is 8.42 Å². The molecule has 0 saturated heterocycles. The van der Waals surface area contributed by atoms with Crippen LogP contribution in [-0.2, 0) is 28.9 Å². The van der Waals surface area contributed by atoms with Crippen molar-refractivity contribution in [1.29, 1.82) is 5.41 Å². The number of sulfonamides is 1. The first kappa shape index (κ1) is 28.6. The first-order chi connectivity index (χ1) is 17.8. The number of hydrogen-bond donors (Lipinski definition) is 4. The molecule has 0 aliphatic carbocycles. The van der Waals surface area contributed by atoms with Gasteiger partial charge in [0.15, 0.2) is 0 Å². The fourth-order valence-electron chi connectivity index (χ4n) is 3.75. The van der Waals surface area contributed by atoms with Crippen molar-refractivity contribution >= 4 is 34.0 Å². The Bertz CT molecular complexity index is 1530. The zero-order valence-electron chi connectivity index (χ0n) is 20.5. The van der Waals surface area contributed by atoms with Crippen molar-refractivity contribution in [2.24, 2.45) is 5.73 Å². The number of halogens is 1. The Balaban J connectivity index is 0.00000400. The van der Waals surface area contributed by atoms with Crippen molar-refractivity contribution in [3.63, 3.8) is 0 Å². The van der Waals surface area contributed by atoms with Crippen molar-refractivity contribution in [1.82, 2.24) is 14.3 Å². The molecular weight excluding hydrogens is 524 g/mol. The molecule has 0 unspecified atom stereocenters. The fourth-order valence-corrected chi connectivity index (χ4v) is 4.81. The van der Waals surface area contributed by atoms with Crippen LogP contribution >= 0.6 is 12.4 Å². The lowest BCUT2D eigenvalue weighted by Crippen LogP contribution is -2.34. The van der Waals surface area contributed by atoms with Crippen LogP contribution in [0.15, 0.2) is 95.9 Å². The second-order valence-corrected chi connectivity index (χ2v) is 10.2. The van der Waals surface area contributed by atoms with Gasteiger partial charge in [-0.15, -0.1) is 12.4 Å². The van der Waals surface area contributed by atoms with Gasteiger partial charge in [-0.25, -0.2) is 18.1 Å². The van der Waals surface area contributed by atoms with Crippen LogP contribution in [0.4, 0.5) is 5.69 Å². The molecule has 4 rings (SSSR count). The molecule has 9 nitrogen and oxygen atoms in total. The summed E-state index contributed by atoms with van der Waals surface area (Å²) in [4.78, 5) is 17.8. The molecule has 11 heteroatoms. The Hall–Kier alpha value is -3.99. The summed E-state index contributed by atoms with van der Waals surface area (Å²) in [6.45, 7) is 0.519. The van der Waals surface area contributed by atoms with Crippen LogP contribution in [0.2, 0.25) is 0 Å². The van der Waals surface area contributed by atoms with E-state index in [1.807, 2.05) is 36.4 Å². The second-order valence-electron chi connectivity index (χ2n) is 8.43. The van der Waals surface area contributed by atoms with Crippen molar-refractivity contribution in [2.45, 2.75) is 18.8 Å². The SMILES string of the molecule is Cl.N=C(N)c1ccc(CNS(=O)(=O)Cn2c(-c3ccccc3)ncc(NCCc3ccccc3)c2=O)cc1.